The van der Waals surface area contributed by atoms with Crippen LogP contribution >= 0.6 is 0 Å². The highest BCUT2D eigenvalue weighted by Crippen LogP contribution is 2.35. The van der Waals surface area contributed by atoms with E-state index in [1.807, 2.05) is 0 Å². The van der Waals surface area contributed by atoms with E-state index >= 15 is 0 Å². The summed E-state index contributed by atoms with van der Waals surface area (Å²) in [5, 5.41) is 15.1. The second-order valence-electron chi connectivity index (χ2n) is 7.30. The topological polar surface area (TPSA) is 114 Å². The molecule has 0 unspecified atom stereocenters. The van der Waals surface area contributed by atoms with Crippen LogP contribution in [-0.4, -0.2) is 19.7 Å². The van der Waals surface area contributed by atoms with Gasteiger partial charge in [-0.05, 0) is 36.4 Å². The van der Waals surface area contributed by atoms with Crippen LogP contribution < -0.4 is 15.9 Å². The van der Waals surface area contributed by atoms with Gasteiger partial charge in [0.15, 0.2) is 17.3 Å². The average molecular weight is 501 g/mol. The minimum Gasteiger partial charge on any atom is -0.448 e. The van der Waals surface area contributed by atoms with Crippen LogP contribution in [0.1, 0.15) is 16.8 Å². The van der Waals surface area contributed by atoms with Crippen molar-refractivity contribution in [2.24, 2.45) is 0 Å². The number of rotatable bonds is 5. The van der Waals surface area contributed by atoms with Crippen LogP contribution in [0.2, 0.25) is 0 Å². The van der Waals surface area contributed by atoms with Crippen LogP contribution in [0.4, 0.5) is 22.0 Å². The highest BCUT2D eigenvalue weighted by molar-refractivity contribution is 5.59. The number of ether oxygens (including phenoxy) is 1. The Morgan fingerprint density at radius 3 is 2.50 bits per heavy atom. The van der Waals surface area contributed by atoms with Gasteiger partial charge in [0.2, 0.25) is 5.75 Å². The number of hydrogen-bond acceptors (Lipinski definition) is 6. The molecule has 13 heteroatoms. The van der Waals surface area contributed by atoms with Gasteiger partial charge in [0.05, 0.1) is 24.1 Å². The number of H-pyrrole nitrogens is 1. The van der Waals surface area contributed by atoms with Gasteiger partial charge in [-0.2, -0.15) is 23.5 Å². The number of hydrogen-bond donors (Lipinski definition) is 1. The molecule has 0 fully saturated rings. The summed E-state index contributed by atoms with van der Waals surface area (Å²) in [5.74, 6) is -3.76. The van der Waals surface area contributed by atoms with Crippen molar-refractivity contribution >= 4 is 0 Å². The minimum atomic E-state index is -5.07. The second-order valence-corrected chi connectivity index (χ2v) is 7.30. The van der Waals surface area contributed by atoms with Crippen molar-refractivity contribution in [2.45, 2.75) is 12.7 Å². The summed E-state index contributed by atoms with van der Waals surface area (Å²) in [5.41, 5.74) is -3.85. The molecule has 36 heavy (non-hydrogen) atoms. The average Bonchev–Trinajstić information content (AvgIpc) is 2.84. The normalized spacial score (nSPS) is 11.2. The maximum absolute atomic E-state index is 13.6. The van der Waals surface area contributed by atoms with Gasteiger partial charge >= 0.3 is 6.18 Å². The molecule has 2 heterocycles. The first kappa shape index (κ1) is 24.3. The molecule has 8 nitrogen and oxygen atoms in total. The van der Waals surface area contributed by atoms with Gasteiger partial charge < -0.3 is 4.74 Å². The van der Waals surface area contributed by atoms with E-state index in [-0.39, 0.29) is 28.1 Å². The molecule has 1 N–H and O–H groups in total. The molecule has 0 aliphatic rings. The Labute approximate surface area is 197 Å². The molecule has 0 aliphatic carbocycles. The molecule has 0 spiro atoms. The van der Waals surface area contributed by atoms with E-state index < -0.39 is 46.9 Å². The van der Waals surface area contributed by atoms with E-state index in [1.54, 1.807) is 6.07 Å². The molecule has 0 saturated carbocycles. The summed E-state index contributed by atoms with van der Waals surface area (Å²) in [7, 11) is 0. The molecular weight excluding hydrogens is 489 g/mol. The second kappa shape index (κ2) is 9.41. The van der Waals surface area contributed by atoms with E-state index in [9.17, 15) is 36.8 Å². The Balaban J connectivity index is 1.78. The molecule has 0 aliphatic heterocycles. The van der Waals surface area contributed by atoms with E-state index in [4.69, 9.17) is 4.74 Å². The van der Waals surface area contributed by atoms with Gasteiger partial charge in [0, 0.05) is 11.1 Å². The molecule has 0 saturated heterocycles. The van der Waals surface area contributed by atoms with Crippen molar-refractivity contribution in [3.63, 3.8) is 0 Å². The lowest BCUT2D eigenvalue weighted by Crippen LogP contribution is -2.29. The van der Waals surface area contributed by atoms with Gasteiger partial charge in [-0.25, -0.2) is 18.9 Å². The van der Waals surface area contributed by atoms with Crippen LogP contribution in [-0.2, 0) is 12.7 Å². The fraction of sp³-hybridized carbons (Fsp3) is 0.0870. The number of nitriles is 1. The lowest BCUT2D eigenvalue weighted by atomic mass is 10.1. The van der Waals surface area contributed by atoms with Gasteiger partial charge in [0.25, 0.3) is 11.1 Å². The third-order valence-corrected chi connectivity index (χ3v) is 4.92. The number of benzene rings is 2. The van der Waals surface area contributed by atoms with E-state index in [2.05, 4.69) is 15.2 Å². The zero-order chi connectivity index (χ0) is 26.0. The van der Waals surface area contributed by atoms with Gasteiger partial charge in [0.1, 0.15) is 11.8 Å². The molecule has 0 radical (unpaired) electrons. The summed E-state index contributed by atoms with van der Waals surface area (Å²) in [6.07, 6.45) is -4.48. The molecule has 2 aromatic carbocycles. The number of aromatic nitrogens is 4. The summed E-state index contributed by atoms with van der Waals surface area (Å²) in [4.78, 5) is 28.6. The maximum atomic E-state index is 13.6. The highest BCUT2D eigenvalue weighted by Gasteiger charge is 2.39. The molecule has 4 rings (SSSR count). The van der Waals surface area contributed by atoms with E-state index in [1.165, 1.54) is 36.4 Å². The van der Waals surface area contributed by atoms with Gasteiger partial charge in [-0.1, -0.05) is 12.1 Å². The summed E-state index contributed by atoms with van der Waals surface area (Å²) in [6.45, 7) is -0.561. The summed E-state index contributed by atoms with van der Waals surface area (Å²) >= 11 is 0. The van der Waals surface area contributed by atoms with Crippen LogP contribution in [0.5, 0.6) is 11.5 Å². The molecular formula is C23H12F5N5O3. The smallest absolute Gasteiger partial charge is 0.437 e. The largest absolute Gasteiger partial charge is 0.448 e. The predicted octanol–water partition coefficient (Wildman–Crippen LogP) is 4.00. The Bertz CT molecular complexity index is 1620. The van der Waals surface area contributed by atoms with Crippen molar-refractivity contribution in [3.8, 4) is 28.8 Å². The number of nitrogens with one attached hydrogen (secondary N) is 1. The lowest BCUT2D eigenvalue weighted by molar-refractivity contribution is -0.142. The number of para-hydroxylation sites is 1. The van der Waals surface area contributed by atoms with Crippen molar-refractivity contribution in [1.82, 2.24) is 19.7 Å². The molecule has 0 bridgehead atoms. The lowest BCUT2D eigenvalue weighted by Gasteiger charge is -2.15. The van der Waals surface area contributed by atoms with Gasteiger partial charge in [-0.3, -0.25) is 14.2 Å². The zero-order valence-electron chi connectivity index (χ0n) is 17.8. The van der Waals surface area contributed by atoms with Crippen LogP contribution in [0.25, 0.3) is 11.3 Å². The third-order valence-electron chi connectivity index (χ3n) is 4.92. The Morgan fingerprint density at radius 1 is 1.06 bits per heavy atom. The molecule has 4 aromatic rings. The monoisotopic (exact) mass is 501 g/mol. The Morgan fingerprint density at radius 2 is 1.81 bits per heavy atom. The number of nitrogens with zero attached hydrogens (tertiary/aromatic N) is 4. The molecule has 0 atom stereocenters. The first-order valence-electron chi connectivity index (χ1n) is 9.96. The summed E-state index contributed by atoms with van der Waals surface area (Å²) < 4.78 is 73.4. The standard InChI is InChI=1S/C23H12F5N5O3/c24-15-6-5-12(7-16(15)25)17-8-14(21(34)32-31-17)10-33-11-30-20(23(26,27)28)19(22(33)35)36-18-4-2-1-3-13(18)9-29/h1-8,11H,10H2,(H,32,34). The first-order valence-corrected chi connectivity index (χ1v) is 9.96. The van der Waals surface area contributed by atoms with Gasteiger partial charge in [-0.15, -0.1) is 0 Å². The van der Waals surface area contributed by atoms with E-state index in [0.717, 1.165) is 12.1 Å². The highest BCUT2D eigenvalue weighted by atomic mass is 19.4. The Kier molecular flexibility index (Phi) is 6.35. The fourth-order valence-corrected chi connectivity index (χ4v) is 3.18. The third kappa shape index (κ3) is 4.83. The van der Waals surface area contributed by atoms with Crippen molar-refractivity contribution in [3.05, 3.63) is 104 Å². The minimum absolute atomic E-state index is 0.0100. The SMILES string of the molecule is N#Cc1ccccc1Oc1c(C(F)(F)F)ncn(Cc2cc(-c3ccc(F)c(F)c3)n[nH]c2=O)c1=O. The van der Waals surface area contributed by atoms with Crippen LogP contribution in [0.3, 0.4) is 0 Å². The van der Waals surface area contributed by atoms with Crippen molar-refractivity contribution < 1.29 is 26.7 Å². The first-order chi connectivity index (χ1) is 17.1. The quantitative estimate of drug-likeness (QED) is 0.414. The molecule has 0 amide bonds. The number of aromatic amines is 1. The zero-order valence-corrected chi connectivity index (χ0v) is 17.8. The van der Waals surface area contributed by atoms with Crippen LogP contribution in [0, 0.1) is 23.0 Å². The molecule has 182 valence electrons. The number of halogens is 5. The fourth-order valence-electron chi connectivity index (χ4n) is 3.18. The maximum Gasteiger partial charge on any atom is 0.437 e. The van der Waals surface area contributed by atoms with E-state index in [0.29, 0.717) is 10.9 Å². The Hall–Kier alpha value is -4.86. The van der Waals surface area contributed by atoms with Crippen molar-refractivity contribution in [2.75, 3.05) is 0 Å². The predicted molar refractivity (Wildman–Crippen MR) is 114 cm³/mol. The van der Waals surface area contributed by atoms with Crippen molar-refractivity contribution in [1.29, 1.82) is 5.26 Å². The van der Waals surface area contributed by atoms with Crippen LogP contribution in [0.15, 0.2) is 64.4 Å². The number of alkyl halides is 3. The summed E-state index contributed by atoms with van der Waals surface area (Å²) in [6, 6.07) is 11.1. The molecule has 2 aromatic heterocycles.